The van der Waals surface area contributed by atoms with Crippen molar-refractivity contribution in [3.63, 3.8) is 0 Å². The Bertz CT molecular complexity index is 1010. The Hall–Kier alpha value is -3.75. The first-order chi connectivity index (χ1) is 15.3. The number of hydrogen-bond acceptors (Lipinski definition) is 7. The molecular weight excluding hydrogens is 416 g/mol. The summed E-state index contributed by atoms with van der Waals surface area (Å²) in [7, 11) is 3.01. The van der Waals surface area contributed by atoms with Crippen LogP contribution in [0, 0.1) is 0 Å². The summed E-state index contributed by atoms with van der Waals surface area (Å²) in [5.41, 5.74) is 1.07. The number of esters is 1. The maximum Gasteiger partial charge on any atom is 0.308 e. The SMILES string of the molecule is COc1ccc(NC(=O)C(C)OC(=O)CCN2C(=O)C(C)Oc3ccccc32)cc1OC. The van der Waals surface area contributed by atoms with Gasteiger partial charge in [-0.1, -0.05) is 12.1 Å². The van der Waals surface area contributed by atoms with Crippen LogP contribution in [0.3, 0.4) is 0 Å². The number of carbonyl (C=O) groups is 3. The van der Waals surface area contributed by atoms with Crippen LogP contribution >= 0.6 is 0 Å². The summed E-state index contributed by atoms with van der Waals surface area (Å²) >= 11 is 0. The van der Waals surface area contributed by atoms with Crippen molar-refractivity contribution in [2.75, 3.05) is 31.0 Å². The van der Waals surface area contributed by atoms with E-state index < -0.39 is 24.1 Å². The fourth-order valence-electron chi connectivity index (χ4n) is 3.26. The number of nitrogens with one attached hydrogen (secondary N) is 1. The molecule has 2 aromatic carbocycles. The lowest BCUT2D eigenvalue weighted by atomic mass is 10.2. The van der Waals surface area contributed by atoms with Gasteiger partial charge in [0.1, 0.15) is 5.75 Å². The van der Waals surface area contributed by atoms with Crippen molar-refractivity contribution in [2.24, 2.45) is 0 Å². The number of rotatable bonds is 8. The molecule has 1 N–H and O–H groups in total. The smallest absolute Gasteiger partial charge is 0.308 e. The average molecular weight is 442 g/mol. The molecule has 2 aromatic rings. The summed E-state index contributed by atoms with van der Waals surface area (Å²) in [6.45, 7) is 3.25. The van der Waals surface area contributed by atoms with Crippen LogP contribution in [0.4, 0.5) is 11.4 Å². The zero-order chi connectivity index (χ0) is 23.3. The number of carbonyl (C=O) groups excluding carboxylic acids is 3. The molecule has 2 atom stereocenters. The Morgan fingerprint density at radius 3 is 2.56 bits per heavy atom. The standard InChI is InChI=1S/C23H26N2O7/c1-14(22(27)24-16-9-10-19(29-3)20(13-16)30-4)32-21(26)11-12-25-17-7-5-6-8-18(17)31-15(2)23(25)28/h5-10,13-15H,11-12H2,1-4H3,(H,24,27). The molecule has 32 heavy (non-hydrogen) atoms. The molecule has 170 valence electrons. The van der Waals surface area contributed by atoms with Crippen molar-refractivity contribution < 1.29 is 33.3 Å². The molecule has 0 spiro atoms. The molecule has 0 saturated carbocycles. The van der Waals surface area contributed by atoms with E-state index in [4.69, 9.17) is 18.9 Å². The fourth-order valence-corrected chi connectivity index (χ4v) is 3.26. The molecule has 0 radical (unpaired) electrons. The van der Waals surface area contributed by atoms with E-state index in [0.717, 1.165) is 0 Å². The molecule has 0 bridgehead atoms. The third kappa shape index (κ3) is 5.11. The molecule has 9 nitrogen and oxygen atoms in total. The third-order valence-electron chi connectivity index (χ3n) is 4.94. The van der Waals surface area contributed by atoms with Crippen LogP contribution in [0.25, 0.3) is 0 Å². The lowest BCUT2D eigenvalue weighted by molar-refractivity contribution is -0.153. The van der Waals surface area contributed by atoms with Gasteiger partial charge in [-0.15, -0.1) is 0 Å². The van der Waals surface area contributed by atoms with Crippen LogP contribution in [0.2, 0.25) is 0 Å². The number of ether oxygens (including phenoxy) is 4. The van der Waals surface area contributed by atoms with Crippen LogP contribution in [0.5, 0.6) is 17.2 Å². The molecular formula is C23H26N2O7. The molecule has 0 aliphatic carbocycles. The highest BCUT2D eigenvalue weighted by atomic mass is 16.5. The van der Waals surface area contributed by atoms with Crippen molar-refractivity contribution in [1.82, 2.24) is 0 Å². The van der Waals surface area contributed by atoms with Gasteiger partial charge in [-0.05, 0) is 38.1 Å². The van der Waals surface area contributed by atoms with Crippen LogP contribution in [-0.4, -0.2) is 50.8 Å². The molecule has 2 amide bonds. The van der Waals surface area contributed by atoms with Crippen LogP contribution in [0.15, 0.2) is 42.5 Å². The third-order valence-corrected chi connectivity index (χ3v) is 4.94. The van der Waals surface area contributed by atoms with E-state index in [9.17, 15) is 14.4 Å². The lowest BCUT2D eigenvalue weighted by Crippen LogP contribution is -2.45. The molecule has 1 heterocycles. The Morgan fingerprint density at radius 1 is 1.12 bits per heavy atom. The first kappa shape index (κ1) is 22.9. The number of nitrogens with zero attached hydrogens (tertiary/aromatic N) is 1. The fraction of sp³-hybridized carbons (Fsp3) is 0.348. The van der Waals surface area contributed by atoms with E-state index in [-0.39, 0.29) is 18.9 Å². The zero-order valence-electron chi connectivity index (χ0n) is 18.4. The van der Waals surface area contributed by atoms with E-state index in [2.05, 4.69) is 5.32 Å². The van der Waals surface area contributed by atoms with Crippen LogP contribution in [-0.2, 0) is 19.1 Å². The Kier molecular flexibility index (Phi) is 7.19. The summed E-state index contributed by atoms with van der Waals surface area (Å²) in [6.07, 6.45) is -1.74. The first-order valence-electron chi connectivity index (χ1n) is 10.1. The summed E-state index contributed by atoms with van der Waals surface area (Å²) < 4.78 is 21.2. The second-order valence-electron chi connectivity index (χ2n) is 7.16. The molecule has 0 fully saturated rings. The van der Waals surface area contributed by atoms with Gasteiger partial charge in [0.2, 0.25) is 0 Å². The predicted octanol–water partition coefficient (Wildman–Crippen LogP) is 2.78. The largest absolute Gasteiger partial charge is 0.493 e. The van der Waals surface area contributed by atoms with Gasteiger partial charge in [0.05, 0.1) is 26.3 Å². The summed E-state index contributed by atoms with van der Waals surface area (Å²) in [5.74, 6) is 0.237. The summed E-state index contributed by atoms with van der Waals surface area (Å²) in [6, 6.07) is 12.0. The van der Waals surface area contributed by atoms with E-state index in [1.54, 1.807) is 43.3 Å². The van der Waals surface area contributed by atoms with Gasteiger partial charge in [0.25, 0.3) is 11.8 Å². The van der Waals surface area contributed by atoms with Crippen LogP contribution < -0.4 is 24.4 Å². The number of fused-ring (bicyclic) bond motifs is 1. The van der Waals surface area contributed by atoms with Gasteiger partial charge in [-0.2, -0.15) is 0 Å². The number of methoxy groups -OCH3 is 2. The number of hydrogen-bond donors (Lipinski definition) is 1. The molecule has 2 unspecified atom stereocenters. The number of benzene rings is 2. The highest BCUT2D eigenvalue weighted by Gasteiger charge is 2.31. The summed E-state index contributed by atoms with van der Waals surface area (Å²) in [4.78, 5) is 38.8. The zero-order valence-corrected chi connectivity index (χ0v) is 18.4. The topological polar surface area (TPSA) is 103 Å². The minimum absolute atomic E-state index is 0.0687. The molecule has 9 heteroatoms. The van der Waals surface area contributed by atoms with Crippen molar-refractivity contribution in [1.29, 1.82) is 0 Å². The number of para-hydroxylation sites is 2. The predicted molar refractivity (Wildman–Crippen MR) is 117 cm³/mol. The maximum absolute atomic E-state index is 12.5. The van der Waals surface area contributed by atoms with Crippen molar-refractivity contribution in [2.45, 2.75) is 32.5 Å². The van der Waals surface area contributed by atoms with Gasteiger partial charge < -0.3 is 29.2 Å². The highest BCUT2D eigenvalue weighted by molar-refractivity contribution is 6.00. The van der Waals surface area contributed by atoms with Gasteiger partial charge in [-0.3, -0.25) is 14.4 Å². The Morgan fingerprint density at radius 2 is 1.84 bits per heavy atom. The molecule has 1 aliphatic rings. The van der Waals surface area contributed by atoms with Crippen molar-refractivity contribution >= 4 is 29.2 Å². The molecule has 0 saturated heterocycles. The number of anilines is 2. The van der Waals surface area contributed by atoms with E-state index in [1.165, 1.54) is 26.0 Å². The normalized spacial score (nSPS) is 15.8. The minimum atomic E-state index is -1.03. The van der Waals surface area contributed by atoms with E-state index in [0.29, 0.717) is 28.6 Å². The van der Waals surface area contributed by atoms with E-state index in [1.807, 2.05) is 6.07 Å². The van der Waals surface area contributed by atoms with Crippen LogP contribution in [0.1, 0.15) is 20.3 Å². The quantitative estimate of drug-likeness (QED) is 0.627. The van der Waals surface area contributed by atoms with Crippen molar-refractivity contribution in [3.8, 4) is 17.2 Å². The van der Waals surface area contributed by atoms with Gasteiger partial charge in [0.15, 0.2) is 23.7 Å². The second-order valence-corrected chi connectivity index (χ2v) is 7.16. The van der Waals surface area contributed by atoms with Crippen molar-refractivity contribution in [3.05, 3.63) is 42.5 Å². The Labute approximate surface area is 186 Å². The molecule has 0 aromatic heterocycles. The molecule has 3 rings (SSSR count). The Balaban J connectivity index is 1.56. The number of amides is 2. The monoisotopic (exact) mass is 442 g/mol. The summed E-state index contributed by atoms with van der Waals surface area (Å²) in [5, 5.41) is 2.67. The van der Waals surface area contributed by atoms with E-state index >= 15 is 0 Å². The first-order valence-corrected chi connectivity index (χ1v) is 10.1. The second kappa shape index (κ2) is 10.0. The maximum atomic E-state index is 12.5. The highest BCUT2D eigenvalue weighted by Crippen LogP contribution is 2.33. The molecule has 1 aliphatic heterocycles. The van der Waals surface area contributed by atoms with Gasteiger partial charge >= 0.3 is 5.97 Å². The van der Waals surface area contributed by atoms with Gasteiger partial charge in [-0.25, -0.2) is 0 Å². The average Bonchev–Trinajstić information content (AvgIpc) is 2.79. The minimum Gasteiger partial charge on any atom is -0.493 e. The lowest BCUT2D eigenvalue weighted by Gasteiger charge is -2.32. The van der Waals surface area contributed by atoms with Gasteiger partial charge in [0, 0.05) is 18.3 Å².